The Hall–Kier alpha value is -0.470. The highest BCUT2D eigenvalue weighted by Crippen LogP contribution is 2.16. The van der Waals surface area contributed by atoms with Gasteiger partial charge in [-0.2, -0.15) is 0 Å². The molecule has 3 N–H and O–H groups in total. The molecule has 1 rings (SSSR count). The third-order valence-electron chi connectivity index (χ3n) is 1.51. The van der Waals surface area contributed by atoms with Crippen molar-refractivity contribution in [3.8, 4) is 0 Å². The number of aromatic amines is 1. The van der Waals surface area contributed by atoms with Gasteiger partial charge in [0.2, 0.25) is 0 Å². The van der Waals surface area contributed by atoms with Gasteiger partial charge in [-0.05, 0) is 12.5 Å². The lowest BCUT2D eigenvalue weighted by Crippen LogP contribution is -2.08. The van der Waals surface area contributed by atoms with Gasteiger partial charge in [0.15, 0.2) is 0 Å². The topological polar surface area (TPSA) is 41.8 Å². The lowest BCUT2D eigenvalue weighted by molar-refractivity contribution is 0.680. The Bertz CT molecular complexity index is 207. The zero-order valence-corrected chi connectivity index (χ0v) is 6.65. The number of nitrogens with one attached hydrogen (secondary N) is 1. The molecule has 56 valence electrons. The average molecular weight is 159 g/mol. The third kappa shape index (κ3) is 1.52. The highest BCUT2D eigenvalue weighted by atomic mass is 35.5. The van der Waals surface area contributed by atoms with E-state index in [1.807, 2.05) is 13.0 Å². The zero-order valence-electron chi connectivity index (χ0n) is 5.89. The van der Waals surface area contributed by atoms with Crippen molar-refractivity contribution >= 4 is 11.6 Å². The van der Waals surface area contributed by atoms with E-state index in [1.165, 1.54) is 0 Å². The number of H-pyrrole nitrogens is 1. The van der Waals surface area contributed by atoms with Gasteiger partial charge < -0.3 is 10.7 Å². The van der Waals surface area contributed by atoms with E-state index in [1.54, 1.807) is 6.20 Å². The van der Waals surface area contributed by atoms with Crippen LogP contribution in [0.25, 0.3) is 0 Å². The summed E-state index contributed by atoms with van der Waals surface area (Å²) in [5.74, 6) is 0. The average Bonchev–Trinajstić information content (AvgIpc) is 2.34. The number of hydrogen-bond donors (Lipinski definition) is 2. The summed E-state index contributed by atoms with van der Waals surface area (Å²) in [5.41, 5.74) is 6.72. The van der Waals surface area contributed by atoms with E-state index in [2.05, 4.69) is 4.98 Å². The molecule has 1 aromatic heterocycles. The van der Waals surface area contributed by atoms with Crippen LogP contribution in [0.2, 0.25) is 5.02 Å². The Morgan fingerprint density at radius 1 is 1.80 bits per heavy atom. The molecule has 0 saturated carbocycles. The lowest BCUT2D eigenvalue weighted by atomic mass is 10.2. The van der Waals surface area contributed by atoms with E-state index in [0.29, 0.717) is 0 Å². The van der Waals surface area contributed by atoms with Crippen LogP contribution in [0.5, 0.6) is 0 Å². The van der Waals surface area contributed by atoms with Gasteiger partial charge in [0, 0.05) is 17.9 Å². The van der Waals surface area contributed by atoms with Crippen LogP contribution in [0, 0.1) is 0 Å². The minimum atomic E-state index is 0.0903. The number of nitrogens with two attached hydrogens (primary N) is 1. The molecule has 0 aliphatic heterocycles. The van der Waals surface area contributed by atoms with E-state index in [9.17, 15) is 0 Å². The van der Waals surface area contributed by atoms with Gasteiger partial charge in [-0.1, -0.05) is 18.5 Å². The SMILES string of the molecule is CC[C@H](N)c1cc(Cl)c[nH]1. The minimum absolute atomic E-state index is 0.0903. The molecule has 0 aromatic carbocycles. The fourth-order valence-corrected chi connectivity index (χ4v) is 0.990. The summed E-state index contributed by atoms with van der Waals surface area (Å²) in [5, 5.41) is 0.721. The van der Waals surface area contributed by atoms with Gasteiger partial charge >= 0.3 is 0 Å². The monoisotopic (exact) mass is 158 g/mol. The fraction of sp³-hybridized carbons (Fsp3) is 0.429. The lowest BCUT2D eigenvalue weighted by Gasteiger charge is -2.03. The summed E-state index contributed by atoms with van der Waals surface area (Å²) in [7, 11) is 0. The minimum Gasteiger partial charge on any atom is -0.362 e. The van der Waals surface area contributed by atoms with Gasteiger partial charge in [-0.25, -0.2) is 0 Å². The summed E-state index contributed by atoms with van der Waals surface area (Å²) >= 11 is 5.67. The van der Waals surface area contributed by atoms with E-state index in [4.69, 9.17) is 17.3 Å². The molecule has 0 unspecified atom stereocenters. The third-order valence-corrected chi connectivity index (χ3v) is 1.73. The predicted octanol–water partition coefficient (Wildman–Crippen LogP) is 2.08. The molecule has 3 heteroatoms. The van der Waals surface area contributed by atoms with Crippen molar-refractivity contribution in [2.75, 3.05) is 0 Å². The normalized spacial score (nSPS) is 13.5. The Morgan fingerprint density at radius 3 is 2.90 bits per heavy atom. The molecule has 0 radical (unpaired) electrons. The first-order valence-corrected chi connectivity index (χ1v) is 3.71. The van der Waals surface area contributed by atoms with E-state index in [0.717, 1.165) is 17.1 Å². The Labute approximate surface area is 65.4 Å². The van der Waals surface area contributed by atoms with Gasteiger partial charge in [-0.3, -0.25) is 0 Å². The molecule has 0 spiro atoms. The van der Waals surface area contributed by atoms with Crippen LogP contribution >= 0.6 is 11.6 Å². The van der Waals surface area contributed by atoms with Crippen LogP contribution in [0.3, 0.4) is 0 Å². The van der Waals surface area contributed by atoms with Gasteiger partial charge in [-0.15, -0.1) is 0 Å². The second-order valence-corrected chi connectivity index (χ2v) is 2.72. The van der Waals surface area contributed by atoms with E-state index in [-0.39, 0.29) is 6.04 Å². The van der Waals surface area contributed by atoms with Crippen LogP contribution in [-0.4, -0.2) is 4.98 Å². The predicted molar refractivity (Wildman–Crippen MR) is 43.0 cm³/mol. The highest BCUT2D eigenvalue weighted by molar-refractivity contribution is 6.30. The Balaban J connectivity index is 2.74. The molecule has 1 heterocycles. The maximum Gasteiger partial charge on any atom is 0.0583 e. The molecule has 0 saturated heterocycles. The van der Waals surface area contributed by atoms with Crippen molar-refractivity contribution in [1.82, 2.24) is 4.98 Å². The maximum absolute atomic E-state index is 5.72. The molecule has 10 heavy (non-hydrogen) atoms. The number of rotatable bonds is 2. The van der Waals surface area contributed by atoms with Gasteiger partial charge in [0.1, 0.15) is 0 Å². The molecular weight excluding hydrogens is 148 g/mol. The first-order chi connectivity index (χ1) is 4.74. The van der Waals surface area contributed by atoms with Crippen molar-refractivity contribution in [3.05, 3.63) is 23.0 Å². The first-order valence-electron chi connectivity index (χ1n) is 3.33. The zero-order chi connectivity index (χ0) is 7.56. The van der Waals surface area contributed by atoms with Crippen molar-refractivity contribution < 1.29 is 0 Å². The summed E-state index contributed by atoms with van der Waals surface area (Å²) in [6.07, 6.45) is 2.67. The summed E-state index contributed by atoms with van der Waals surface area (Å²) in [6, 6.07) is 1.95. The van der Waals surface area contributed by atoms with Gasteiger partial charge in [0.05, 0.1) is 5.02 Å². The Morgan fingerprint density at radius 2 is 2.50 bits per heavy atom. The van der Waals surface area contributed by atoms with E-state index < -0.39 is 0 Å². The standard InChI is InChI=1S/C7H11ClN2/c1-2-6(9)7-3-5(8)4-10-7/h3-4,6,10H,2,9H2,1H3/t6-/m0/s1. The second-order valence-electron chi connectivity index (χ2n) is 2.29. The molecule has 0 aliphatic carbocycles. The molecule has 0 fully saturated rings. The number of halogens is 1. The van der Waals surface area contributed by atoms with Crippen molar-refractivity contribution in [3.63, 3.8) is 0 Å². The smallest absolute Gasteiger partial charge is 0.0583 e. The van der Waals surface area contributed by atoms with E-state index >= 15 is 0 Å². The van der Waals surface area contributed by atoms with Crippen molar-refractivity contribution in [2.45, 2.75) is 19.4 Å². The van der Waals surface area contributed by atoms with Crippen LogP contribution in [0.15, 0.2) is 12.3 Å². The van der Waals surface area contributed by atoms with Gasteiger partial charge in [0.25, 0.3) is 0 Å². The molecule has 1 aromatic rings. The fourth-order valence-electron chi connectivity index (χ4n) is 0.818. The Kier molecular flexibility index (Phi) is 2.35. The van der Waals surface area contributed by atoms with Crippen molar-refractivity contribution in [1.29, 1.82) is 0 Å². The largest absolute Gasteiger partial charge is 0.362 e. The molecule has 2 nitrogen and oxygen atoms in total. The number of hydrogen-bond acceptors (Lipinski definition) is 1. The van der Waals surface area contributed by atoms with Crippen LogP contribution < -0.4 is 5.73 Å². The molecular formula is C7H11ClN2. The summed E-state index contributed by atoms with van der Waals surface area (Å²) < 4.78 is 0. The molecule has 0 aliphatic rings. The van der Waals surface area contributed by atoms with Crippen LogP contribution in [-0.2, 0) is 0 Å². The number of aromatic nitrogens is 1. The second kappa shape index (κ2) is 3.08. The molecule has 0 amide bonds. The van der Waals surface area contributed by atoms with Crippen LogP contribution in [0.1, 0.15) is 25.1 Å². The van der Waals surface area contributed by atoms with Crippen LogP contribution in [0.4, 0.5) is 0 Å². The summed E-state index contributed by atoms with van der Waals surface area (Å²) in [6.45, 7) is 2.04. The molecule has 1 atom stereocenters. The maximum atomic E-state index is 5.72. The quantitative estimate of drug-likeness (QED) is 0.680. The summed E-state index contributed by atoms with van der Waals surface area (Å²) in [4.78, 5) is 3.00. The van der Waals surface area contributed by atoms with Crippen molar-refractivity contribution in [2.24, 2.45) is 5.73 Å². The first kappa shape index (κ1) is 7.63. The molecule has 0 bridgehead atoms. The highest BCUT2D eigenvalue weighted by Gasteiger charge is 2.03.